The van der Waals surface area contributed by atoms with Gasteiger partial charge in [-0.05, 0) is 56.2 Å². The summed E-state index contributed by atoms with van der Waals surface area (Å²) in [5, 5.41) is 0. The molecule has 2 aliphatic heterocycles. The number of fused-ring (bicyclic) bond motifs is 2. The second-order valence-electron chi connectivity index (χ2n) is 7.58. The van der Waals surface area contributed by atoms with Gasteiger partial charge in [0, 0.05) is 24.3 Å². The molecule has 1 fully saturated rings. The Morgan fingerprint density at radius 3 is 2.78 bits per heavy atom. The van der Waals surface area contributed by atoms with Gasteiger partial charge in [0.15, 0.2) is 0 Å². The standard InChI is InChI=1S/C21H24N4O2/c1-14-22-18-7-3-2-6-17(18)20(23-14)24-10-9-16-15(13-24)5-4-8-19(16)25-11-12-27-21(25)26/h4-5,8H,2-3,6-7,9-13H2,1H3. The van der Waals surface area contributed by atoms with Crippen LogP contribution in [0.2, 0.25) is 0 Å². The summed E-state index contributed by atoms with van der Waals surface area (Å²) in [6.07, 6.45) is 5.27. The molecule has 1 saturated heterocycles. The van der Waals surface area contributed by atoms with Gasteiger partial charge in [0.25, 0.3) is 0 Å². The third kappa shape index (κ3) is 2.83. The van der Waals surface area contributed by atoms with Crippen molar-refractivity contribution in [3.63, 3.8) is 0 Å². The number of nitrogens with zero attached hydrogens (tertiary/aromatic N) is 4. The van der Waals surface area contributed by atoms with Crippen molar-refractivity contribution in [2.45, 2.75) is 45.6 Å². The summed E-state index contributed by atoms with van der Waals surface area (Å²) in [5.41, 5.74) is 6.14. The lowest BCUT2D eigenvalue weighted by Gasteiger charge is -2.34. The molecule has 1 aromatic carbocycles. The lowest BCUT2D eigenvalue weighted by atomic mass is 9.93. The minimum absolute atomic E-state index is 0.230. The Labute approximate surface area is 159 Å². The second-order valence-corrected chi connectivity index (χ2v) is 7.58. The van der Waals surface area contributed by atoms with Crippen LogP contribution in [0.15, 0.2) is 18.2 Å². The van der Waals surface area contributed by atoms with Crippen LogP contribution in [-0.4, -0.2) is 35.8 Å². The molecule has 3 aliphatic rings. The Kier molecular flexibility index (Phi) is 3.99. The van der Waals surface area contributed by atoms with E-state index in [1.54, 1.807) is 4.90 Å². The van der Waals surface area contributed by atoms with E-state index in [0.29, 0.717) is 13.2 Å². The van der Waals surface area contributed by atoms with Crippen LogP contribution < -0.4 is 9.80 Å². The van der Waals surface area contributed by atoms with Crippen molar-refractivity contribution < 1.29 is 9.53 Å². The summed E-state index contributed by atoms with van der Waals surface area (Å²) >= 11 is 0. The number of amides is 1. The fraction of sp³-hybridized carbons (Fsp3) is 0.476. The molecular weight excluding hydrogens is 340 g/mol. The first-order valence-electron chi connectivity index (χ1n) is 9.87. The summed E-state index contributed by atoms with van der Waals surface area (Å²) in [7, 11) is 0. The normalized spacial score (nSPS) is 18.9. The minimum Gasteiger partial charge on any atom is -0.447 e. The minimum atomic E-state index is -0.230. The molecule has 1 aromatic heterocycles. The molecule has 0 radical (unpaired) electrons. The quantitative estimate of drug-likeness (QED) is 0.819. The molecule has 0 saturated carbocycles. The van der Waals surface area contributed by atoms with E-state index in [2.05, 4.69) is 11.0 Å². The van der Waals surface area contributed by atoms with Gasteiger partial charge in [0.2, 0.25) is 0 Å². The topological polar surface area (TPSA) is 58.6 Å². The van der Waals surface area contributed by atoms with Crippen LogP contribution in [0.5, 0.6) is 0 Å². The number of ether oxygens (including phenoxy) is 1. The Bertz CT molecular complexity index is 911. The molecule has 0 unspecified atom stereocenters. The largest absolute Gasteiger partial charge is 0.447 e. The molecule has 0 bridgehead atoms. The maximum Gasteiger partial charge on any atom is 0.414 e. The zero-order chi connectivity index (χ0) is 18.4. The van der Waals surface area contributed by atoms with E-state index in [-0.39, 0.29) is 6.09 Å². The molecule has 6 nitrogen and oxygen atoms in total. The monoisotopic (exact) mass is 364 g/mol. The fourth-order valence-corrected chi connectivity index (χ4v) is 4.59. The molecule has 6 heteroatoms. The second kappa shape index (κ2) is 6.51. The zero-order valence-corrected chi connectivity index (χ0v) is 15.7. The highest BCUT2D eigenvalue weighted by Crippen LogP contribution is 2.34. The van der Waals surface area contributed by atoms with E-state index >= 15 is 0 Å². The van der Waals surface area contributed by atoms with E-state index in [4.69, 9.17) is 14.7 Å². The maximum absolute atomic E-state index is 12.0. The molecule has 27 heavy (non-hydrogen) atoms. The number of rotatable bonds is 2. The van der Waals surface area contributed by atoms with Crippen LogP contribution in [0, 0.1) is 6.92 Å². The van der Waals surface area contributed by atoms with E-state index in [1.807, 2.05) is 19.1 Å². The summed E-state index contributed by atoms with van der Waals surface area (Å²) in [6, 6.07) is 6.26. The van der Waals surface area contributed by atoms with Crippen molar-refractivity contribution in [1.82, 2.24) is 9.97 Å². The van der Waals surface area contributed by atoms with E-state index in [0.717, 1.165) is 49.7 Å². The van der Waals surface area contributed by atoms with E-state index < -0.39 is 0 Å². The van der Waals surface area contributed by atoms with Crippen molar-refractivity contribution in [3.8, 4) is 0 Å². The molecule has 1 aliphatic carbocycles. The van der Waals surface area contributed by atoms with Gasteiger partial charge >= 0.3 is 6.09 Å². The average molecular weight is 364 g/mol. The molecule has 0 N–H and O–H groups in total. The number of aryl methyl sites for hydroxylation is 2. The summed E-state index contributed by atoms with van der Waals surface area (Å²) in [5.74, 6) is 1.99. The van der Waals surface area contributed by atoms with E-state index in [1.165, 1.54) is 35.2 Å². The number of cyclic esters (lactones) is 1. The number of carbonyl (C=O) groups excluding carboxylic acids is 1. The molecule has 1 amide bonds. The molecule has 5 rings (SSSR count). The Morgan fingerprint density at radius 1 is 1.04 bits per heavy atom. The van der Waals surface area contributed by atoms with Crippen LogP contribution in [0.25, 0.3) is 0 Å². The maximum atomic E-state index is 12.0. The van der Waals surface area contributed by atoms with Crippen molar-refractivity contribution in [3.05, 3.63) is 46.4 Å². The van der Waals surface area contributed by atoms with Gasteiger partial charge in [-0.2, -0.15) is 0 Å². The third-order valence-electron chi connectivity index (χ3n) is 5.87. The lowest BCUT2D eigenvalue weighted by Crippen LogP contribution is -2.34. The highest BCUT2D eigenvalue weighted by Gasteiger charge is 2.30. The van der Waals surface area contributed by atoms with Gasteiger partial charge in [-0.3, -0.25) is 4.90 Å². The van der Waals surface area contributed by atoms with Crippen molar-refractivity contribution in [2.75, 3.05) is 29.5 Å². The molecule has 0 atom stereocenters. The fourth-order valence-electron chi connectivity index (χ4n) is 4.59. The van der Waals surface area contributed by atoms with Crippen LogP contribution in [0.3, 0.4) is 0 Å². The summed E-state index contributed by atoms with van der Waals surface area (Å²) in [6.45, 7) is 4.84. The first-order valence-corrected chi connectivity index (χ1v) is 9.87. The van der Waals surface area contributed by atoms with Crippen LogP contribution >= 0.6 is 0 Å². The van der Waals surface area contributed by atoms with Crippen LogP contribution in [0.1, 0.15) is 41.1 Å². The van der Waals surface area contributed by atoms with E-state index in [9.17, 15) is 4.79 Å². The van der Waals surface area contributed by atoms with Gasteiger partial charge in [-0.1, -0.05) is 12.1 Å². The third-order valence-corrected chi connectivity index (χ3v) is 5.87. The Hall–Kier alpha value is -2.63. The number of hydrogen-bond acceptors (Lipinski definition) is 5. The van der Waals surface area contributed by atoms with Gasteiger partial charge in [-0.25, -0.2) is 14.8 Å². The molecule has 140 valence electrons. The van der Waals surface area contributed by atoms with Gasteiger partial charge in [0.05, 0.1) is 12.2 Å². The van der Waals surface area contributed by atoms with Gasteiger partial charge < -0.3 is 9.64 Å². The molecular formula is C21H24N4O2. The van der Waals surface area contributed by atoms with Gasteiger partial charge in [-0.15, -0.1) is 0 Å². The SMILES string of the molecule is Cc1nc2c(c(N3CCc4c(cccc4N4CCOC4=O)C3)n1)CCCC2. The van der Waals surface area contributed by atoms with Crippen LogP contribution in [-0.2, 0) is 30.5 Å². The summed E-state index contributed by atoms with van der Waals surface area (Å²) in [4.78, 5) is 25.7. The van der Waals surface area contributed by atoms with Gasteiger partial charge in [0.1, 0.15) is 18.2 Å². The predicted octanol–water partition coefficient (Wildman–Crippen LogP) is 3.18. The number of aromatic nitrogens is 2. The Balaban J connectivity index is 1.49. The average Bonchev–Trinajstić information content (AvgIpc) is 3.12. The predicted molar refractivity (Wildman–Crippen MR) is 103 cm³/mol. The molecule has 0 spiro atoms. The molecule has 3 heterocycles. The molecule has 2 aromatic rings. The zero-order valence-electron chi connectivity index (χ0n) is 15.7. The first-order chi connectivity index (χ1) is 13.2. The summed E-state index contributed by atoms with van der Waals surface area (Å²) < 4.78 is 5.14. The smallest absolute Gasteiger partial charge is 0.414 e. The Morgan fingerprint density at radius 2 is 1.93 bits per heavy atom. The van der Waals surface area contributed by atoms with Crippen molar-refractivity contribution >= 4 is 17.6 Å². The van der Waals surface area contributed by atoms with Crippen LogP contribution in [0.4, 0.5) is 16.3 Å². The highest BCUT2D eigenvalue weighted by atomic mass is 16.6. The first kappa shape index (κ1) is 16.5. The number of anilines is 2. The van der Waals surface area contributed by atoms with Crippen molar-refractivity contribution in [1.29, 1.82) is 0 Å². The number of carbonyl (C=O) groups is 1. The number of benzene rings is 1. The lowest BCUT2D eigenvalue weighted by molar-refractivity contribution is 0.181. The van der Waals surface area contributed by atoms with Crippen molar-refractivity contribution in [2.24, 2.45) is 0 Å². The highest BCUT2D eigenvalue weighted by molar-refractivity contribution is 5.90. The number of hydrogen-bond donors (Lipinski definition) is 0.